The van der Waals surface area contributed by atoms with E-state index in [0.717, 1.165) is 23.2 Å². The number of anilines is 1. The number of non-ortho nitro benzene ring substituents is 1. The zero-order valence-corrected chi connectivity index (χ0v) is 15.0. The third-order valence-corrected chi connectivity index (χ3v) is 6.01. The molecule has 0 radical (unpaired) electrons. The normalized spacial score (nSPS) is 23.7. The number of benzene rings is 2. The number of nitro benzene ring substituents is 1. The summed E-state index contributed by atoms with van der Waals surface area (Å²) >= 11 is 12.7. The maximum Gasteiger partial charge on any atom is 0.269 e. The Morgan fingerprint density at radius 3 is 2.68 bits per heavy atom. The Hall–Kier alpha value is -2.04. The van der Waals surface area contributed by atoms with Crippen LogP contribution in [0.4, 0.5) is 11.4 Å². The zero-order chi connectivity index (χ0) is 17.7. The highest BCUT2D eigenvalue weighted by molar-refractivity contribution is 6.32. The average molecular weight is 375 g/mol. The first-order valence-electron chi connectivity index (χ1n) is 8.13. The highest BCUT2D eigenvalue weighted by Crippen LogP contribution is 2.52. The number of nitrogens with zero attached hydrogens (tertiary/aromatic N) is 1. The smallest absolute Gasteiger partial charge is 0.269 e. The van der Waals surface area contributed by atoms with Crippen molar-refractivity contribution >= 4 is 34.6 Å². The maximum absolute atomic E-state index is 11.2. The molecule has 1 heterocycles. The van der Waals surface area contributed by atoms with Crippen LogP contribution in [0.15, 0.2) is 42.5 Å². The van der Waals surface area contributed by atoms with Gasteiger partial charge in [0.1, 0.15) is 0 Å². The SMILES string of the molecule is Cc1c(Cl)ccc2c1N[C@H](c1cc([N+](=O)[O-])ccc1Cl)[C@H]1CC=C[C@@H]21. The molecule has 0 fully saturated rings. The van der Waals surface area contributed by atoms with Gasteiger partial charge in [0, 0.05) is 39.3 Å². The van der Waals surface area contributed by atoms with E-state index in [-0.39, 0.29) is 28.5 Å². The van der Waals surface area contributed by atoms with Crippen molar-refractivity contribution < 1.29 is 4.92 Å². The maximum atomic E-state index is 11.2. The van der Waals surface area contributed by atoms with E-state index in [1.807, 2.05) is 13.0 Å². The topological polar surface area (TPSA) is 55.2 Å². The third kappa shape index (κ3) is 2.60. The Morgan fingerprint density at radius 1 is 1.16 bits per heavy atom. The van der Waals surface area contributed by atoms with Crippen molar-refractivity contribution in [3.63, 3.8) is 0 Å². The fraction of sp³-hybridized carbons (Fsp3) is 0.263. The quantitative estimate of drug-likeness (QED) is 0.396. The van der Waals surface area contributed by atoms with Crippen LogP contribution in [-0.4, -0.2) is 4.92 Å². The van der Waals surface area contributed by atoms with Crippen LogP contribution in [0.2, 0.25) is 10.0 Å². The van der Waals surface area contributed by atoms with Gasteiger partial charge in [0.25, 0.3) is 5.69 Å². The van der Waals surface area contributed by atoms with Crippen LogP contribution in [0.3, 0.4) is 0 Å². The number of allylic oxidation sites excluding steroid dienone is 2. The summed E-state index contributed by atoms with van der Waals surface area (Å²) in [5.41, 5.74) is 4.03. The standard InChI is InChI=1S/C19H16Cl2N2O2/c1-10-16(20)8-6-14-12-3-2-4-13(12)19(22-18(10)14)15-9-11(23(24)25)5-7-17(15)21/h2-3,5-9,12-13,19,22H,4H2,1H3/t12-,13+,19+/m1/s1. The minimum Gasteiger partial charge on any atom is -0.377 e. The molecule has 0 saturated heterocycles. The largest absolute Gasteiger partial charge is 0.377 e. The minimum absolute atomic E-state index is 0.0531. The Bertz CT molecular complexity index is 911. The van der Waals surface area contributed by atoms with Gasteiger partial charge in [-0.3, -0.25) is 10.1 Å². The zero-order valence-electron chi connectivity index (χ0n) is 13.5. The predicted molar refractivity (Wildman–Crippen MR) is 101 cm³/mol. The number of hydrogen-bond acceptors (Lipinski definition) is 3. The first-order chi connectivity index (χ1) is 12.0. The van der Waals surface area contributed by atoms with Crippen LogP contribution in [0.25, 0.3) is 0 Å². The summed E-state index contributed by atoms with van der Waals surface area (Å²) in [4.78, 5) is 10.8. The lowest BCUT2D eigenvalue weighted by atomic mass is 9.76. The van der Waals surface area contributed by atoms with Gasteiger partial charge in [-0.2, -0.15) is 0 Å². The molecule has 0 unspecified atom stereocenters. The Morgan fingerprint density at radius 2 is 1.92 bits per heavy atom. The van der Waals surface area contributed by atoms with E-state index in [1.54, 1.807) is 12.1 Å². The third-order valence-electron chi connectivity index (χ3n) is 5.26. The summed E-state index contributed by atoms with van der Waals surface area (Å²) in [6.45, 7) is 1.99. The Balaban J connectivity index is 1.86. The predicted octanol–water partition coefficient (Wildman–Crippen LogP) is 6.04. The van der Waals surface area contributed by atoms with Gasteiger partial charge in [0.15, 0.2) is 0 Å². The van der Waals surface area contributed by atoms with E-state index in [1.165, 1.54) is 11.6 Å². The lowest BCUT2D eigenvalue weighted by Gasteiger charge is -2.38. The molecular formula is C19H16Cl2N2O2. The number of halogens is 2. The number of nitrogens with one attached hydrogen (secondary N) is 1. The van der Waals surface area contributed by atoms with Crippen LogP contribution < -0.4 is 5.32 Å². The van der Waals surface area contributed by atoms with Crippen LogP contribution in [-0.2, 0) is 0 Å². The first-order valence-corrected chi connectivity index (χ1v) is 8.89. The van der Waals surface area contributed by atoms with Crippen molar-refractivity contribution in [1.82, 2.24) is 0 Å². The molecule has 4 rings (SSSR count). The molecule has 0 saturated carbocycles. The molecule has 6 heteroatoms. The summed E-state index contributed by atoms with van der Waals surface area (Å²) in [5.74, 6) is 0.528. The van der Waals surface area contributed by atoms with Crippen LogP contribution in [0.5, 0.6) is 0 Å². The lowest BCUT2D eigenvalue weighted by molar-refractivity contribution is -0.384. The molecule has 128 valence electrons. The molecule has 0 amide bonds. The van der Waals surface area contributed by atoms with E-state index < -0.39 is 0 Å². The number of hydrogen-bond donors (Lipinski definition) is 1. The van der Waals surface area contributed by atoms with Crippen LogP contribution in [0, 0.1) is 23.0 Å². The number of rotatable bonds is 2. The molecule has 2 aromatic rings. The van der Waals surface area contributed by atoms with Gasteiger partial charge in [-0.05, 0) is 42.5 Å². The number of fused-ring (bicyclic) bond motifs is 3. The molecule has 2 aromatic carbocycles. The second kappa shape index (κ2) is 6.04. The summed E-state index contributed by atoms with van der Waals surface area (Å²) < 4.78 is 0. The summed E-state index contributed by atoms with van der Waals surface area (Å²) in [6.07, 6.45) is 5.30. The number of nitro groups is 1. The van der Waals surface area contributed by atoms with Crippen molar-refractivity contribution in [3.8, 4) is 0 Å². The molecule has 0 aromatic heterocycles. The molecule has 0 bridgehead atoms. The van der Waals surface area contributed by atoms with Gasteiger partial charge in [0.05, 0.1) is 11.0 Å². The van der Waals surface area contributed by atoms with E-state index in [2.05, 4.69) is 23.5 Å². The second-order valence-corrected chi connectivity index (χ2v) is 7.39. The summed E-state index contributed by atoms with van der Waals surface area (Å²) in [6, 6.07) is 8.53. The second-order valence-electron chi connectivity index (χ2n) is 6.58. The first kappa shape index (κ1) is 16.4. The Labute approximate surface area is 155 Å². The van der Waals surface area contributed by atoms with Crippen molar-refractivity contribution in [2.45, 2.75) is 25.3 Å². The van der Waals surface area contributed by atoms with Crippen LogP contribution >= 0.6 is 23.2 Å². The fourth-order valence-corrected chi connectivity index (χ4v) is 4.37. The van der Waals surface area contributed by atoms with E-state index >= 15 is 0 Å². The fourth-order valence-electron chi connectivity index (χ4n) is 3.98. The van der Waals surface area contributed by atoms with Crippen molar-refractivity contribution in [2.24, 2.45) is 5.92 Å². The highest BCUT2D eigenvalue weighted by Gasteiger charge is 2.39. The van der Waals surface area contributed by atoms with Gasteiger partial charge in [-0.1, -0.05) is 41.4 Å². The van der Waals surface area contributed by atoms with Gasteiger partial charge < -0.3 is 5.32 Å². The van der Waals surface area contributed by atoms with Gasteiger partial charge in [0.2, 0.25) is 0 Å². The molecule has 1 N–H and O–H groups in total. The lowest BCUT2D eigenvalue weighted by Crippen LogP contribution is -2.30. The average Bonchev–Trinajstić information content (AvgIpc) is 3.07. The molecule has 3 atom stereocenters. The van der Waals surface area contributed by atoms with E-state index in [9.17, 15) is 10.1 Å². The highest BCUT2D eigenvalue weighted by atomic mass is 35.5. The molecule has 1 aliphatic heterocycles. The van der Waals surface area contributed by atoms with Crippen molar-refractivity contribution in [2.75, 3.05) is 5.32 Å². The molecule has 4 nitrogen and oxygen atoms in total. The molecule has 0 spiro atoms. The monoisotopic (exact) mass is 374 g/mol. The minimum atomic E-state index is -0.386. The van der Waals surface area contributed by atoms with E-state index in [4.69, 9.17) is 23.2 Å². The van der Waals surface area contributed by atoms with Gasteiger partial charge >= 0.3 is 0 Å². The van der Waals surface area contributed by atoms with Crippen LogP contribution in [0.1, 0.15) is 35.1 Å². The molecule has 1 aliphatic carbocycles. The van der Waals surface area contributed by atoms with Crippen molar-refractivity contribution in [1.29, 1.82) is 0 Å². The summed E-state index contributed by atoms with van der Waals surface area (Å²) in [5, 5.41) is 16.0. The molecule has 25 heavy (non-hydrogen) atoms. The van der Waals surface area contributed by atoms with E-state index in [0.29, 0.717) is 10.0 Å². The molecular weight excluding hydrogens is 359 g/mol. The Kier molecular flexibility index (Phi) is 3.97. The van der Waals surface area contributed by atoms with Gasteiger partial charge in [-0.25, -0.2) is 0 Å². The molecule has 2 aliphatic rings. The van der Waals surface area contributed by atoms with Gasteiger partial charge in [-0.15, -0.1) is 0 Å². The summed E-state index contributed by atoms with van der Waals surface area (Å²) in [7, 11) is 0. The van der Waals surface area contributed by atoms with Crippen molar-refractivity contribution in [3.05, 3.63) is 79.3 Å².